The molecule has 0 heterocycles. The predicted molar refractivity (Wildman–Crippen MR) is 86.0 cm³/mol. The molecule has 1 aliphatic carbocycles. The van der Waals surface area contributed by atoms with Gasteiger partial charge in [-0.25, -0.2) is 0 Å². The van der Waals surface area contributed by atoms with Crippen LogP contribution in [0.3, 0.4) is 0 Å². The Kier molecular flexibility index (Phi) is 6.33. The average Bonchev–Trinajstić information content (AvgIpc) is 2.80. The molecule has 4 nitrogen and oxygen atoms in total. The zero-order valence-corrected chi connectivity index (χ0v) is 13.2. The number of ether oxygens (including phenoxy) is 2. The van der Waals surface area contributed by atoms with E-state index in [0.29, 0.717) is 12.6 Å². The van der Waals surface area contributed by atoms with Gasteiger partial charge < -0.3 is 20.5 Å². The van der Waals surface area contributed by atoms with Gasteiger partial charge in [0, 0.05) is 24.2 Å². The third kappa shape index (κ3) is 4.35. The van der Waals surface area contributed by atoms with E-state index in [1.165, 1.54) is 38.5 Å². The normalized spacial score (nSPS) is 18.0. The van der Waals surface area contributed by atoms with Crippen LogP contribution in [-0.2, 0) is 0 Å². The van der Waals surface area contributed by atoms with E-state index in [9.17, 15) is 0 Å². The lowest BCUT2D eigenvalue weighted by atomic mass is 10.0. The molecule has 3 N–H and O–H groups in total. The molecule has 1 aromatic rings. The highest BCUT2D eigenvalue weighted by molar-refractivity contribution is 5.42. The standard InChI is InChI=1S/C17H28N2O2/c1-20-14-9-10-17(21-2)15(11-14)16(12-18)19-13-7-5-3-4-6-8-13/h9-11,13,16,19H,3-8,12,18H2,1-2H3. The quantitative estimate of drug-likeness (QED) is 0.791. The summed E-state index contributed by atoms with van der Waals surface area (Å²) < 4.78 is 10.8. The number of hydrogen-bond donors (Lipinski definition) is 2. The molecule has 0 amide bonds. The highest BCUT2D eigenvalue weighted by Crippen LogP contribution is 2.30. The van der Waals surface area contributed by atoms with E-state index in [1.807, 2.05) is 18.2 Å². The summed E-state index contributed by atoms with van der Waals surface area (Å²) in [5, 5.41) is 3.73. The van der Waals surface area contributed by atoms with E-state index in [1.54, 1.807) is 14.2 Å². The van der Waals surface area contributed by atoms with Gasteiger partial charge in [-0.3, -0.25) is 0 Å². The fraction of sp³-hybridized carbons (Fsp3) is 0.647. The number of benzene rings is 1. The van der Waals surface area contributed by atoms with Crippen molar-refractivity contribution in [1.82, 2.24) is 5.32 Å². The van der Waals surface area contributed by atoms with Crippen molar-refractivity contribution >= 4 is 0 Å². The summed E-state index contributed by atoms with van der Waals surface area (Å²) in [6.07, 6.45) is 7.81. The fourth-order valence-electron chi connectivity index (χ4n) is 3.13. The van der Waals surface area contributed by atoms with Crippen molar-refractivity contribution in [3.05, 3.63) is 23.8 Å². The van der Waals surface area contributed by atoms with Crippen molar-refractivity contribution in [3.63, 3.8) is 0 Å². The lowest BCUT2D eigenvalue weighted by molar-refractivity contribution is 0.369. The third-order valence-electron chi connectivity index (χ3n) is 4.34. The molecule has 2 rings (SSSR count). The maximum atomic E-state index is 6.02. The van der Waals surface area contributed by atoms with E-state index >= 15 is 0 Å². The van der Waals surface area contributed by atoms with Crippen LogP contribution in [0.5, 0.6) is 11.5 Å². The van der Waals surface area contributed by atoms with Crippen LogP contribution in [0.25, 0.3) is 0 Å². The Morgan fingerprint density at radius 2 is 1.86 bits per heavy atom. The number of nitrogens with one attached hydrogen (secondary N) is 1. The lowest BCUT2D eigenvalue weighted by Gasteiger charge is -2.26. The van der Waals surface area contributed by atoms with Crippen LogP contribution in [0.15, 0.2) is 18.2 Å². The van der Waals surface area contributed by atoms with Crippen LogP contribution >= 0.6 is 0 Å². The lowest BCUT2D eigenvalue weighted by Crippen LogP contribution is -2.36. The minimum atomic E-state index is 0.109. The van der Waals surface area contributed by atoms with Crippen molar-refractivity contribution in [2.45, 2.75) is 50.6 Å². The Hall–Kier alpha value is -1.26. The van der Waals surface area contributed by atoms with Crippen LogP contribution in [0.1, 0.15) is 50.1 Å². The summed E-state index contributed by atoms with van der Waals surface area (Å²) in [7, 11) is 3.38. The molecule has 1 aliphatic rings. The third-order valence-corrected chi connectivity index (χ3v) is 4.34. The maximum Gasteiger partial charge on any atom is 0.123 e. The molecular weight excluding hydrogens is 264 g/mol. The molecule has 1 unspecified atom stereocenters. The first kappa shape index (κ1) is 16.1. The molecular formula is C17H28N2O2. The van der Waals surface area contributed by atoms with Gasteiger partial charge in [-0.1, -0.05) is 25.7 Å². The predicted octanol–water partition coefficient (Wildman–Crippen LogP) is 3.02. The molecule has 1 saturated carbocycles. The Labute approximate surface area is 128 Å². The van der Waals surface area contributed by atoms with Crippen LogP contribution in [-0.4, -0.2) is 26.8 Å². The molecule has 1 fully saturated rings. The molecule has 118 valence electrons. The molecule has 1 atom stereocenters. The first-order chi connectivity index (χ1) is 10.3. The Morgan fingerprint density at radius 1 is 1.14 bits per heavy atom. The Bertz CT molecular complexity index is 429. The number of hydrogen-bond acceptors (Lipinski definition) is 4. The molecule has 21 heavy (non-hydrogen) atoms. The Morgan fingerprint density at radius 3 is 2.43 bits per heavy atom. The van der Waals surface area contributed by atoms with E-state index < -0.39 is 0 Å². The van der Waals surface area contributed by atoms with Crippen molar-refractivity contribution in [2.24, 2.45) is 5.73 Å². The maximum absolute atomic E-state index is 6.02. The summed E-state index contributed by atoms with van der Waals surface area (Å²) in [6, 6.07) is 6.56. The largest absolute Gasteiger partial charge is 0.497 e. The highest BCUT2D eigenvalue weighted by atomic mass is 16.5. The van der Waals surface area contributed by atoms with E-state index in [-0.39, 0.29) is 6.04 Å². The first-order valence-corrected chi connectivity index (χ1v) is 7.96. The molecule has 0 bridgehead atoms. The van der Waals surface area contributed by atoms with Gasteiger partial charge in [-0.05, 0) is 31.0 Å². The molecule has 0 spiro atoms. The molecule has 0 saturated heterocycles. The van der Waals surface area contributed by atoms with Crippen molar-refractivity contribution < 1.29 is 9.47 Å². The van der Waals surface area contributed by atoms with Gasteiger partial charge in [-0.15, -0.1) is 0 Å². The zero-order chi connectivity index (χ0) is 15.1. The van der Waals surface area contributed by atoms with Gasteiger partial charge in [0.15, 0.2) is 0 Å². The second kappa shape index (κ2) is 8.25. The monoisotopic (exact) mass is 292 g/mol. The minimum Gasteiger partial charge on any atom is -0.497 e. The molecule has 1 aromatic carbocycles. The van der Waals surface area contributed by atoms with Crippen LogP contribution in [0.4, 0.5) is 0 Å². The summed E-state index contributed by atoms with van der Waals surface area (Å²) >= 11 is 0. The van der Waals surface area contributed by atoms with Gasteiger partial charge in [-0.2, -0.15) is 0 Å². The SMILES string of the molecule is COc1ccc(OC)c(C(CN)NC2CCCCCC2)c1. The van der Waals surface area contributed by atoms with Gasteiger partial charge >= 0.3 is 0 Å². The summed E-state index contributed by atoms with van der Waals surface area (Å²) in [6.45, 7) is 0.556. The summed E-state index contributed by atoms with van der Waals surface area (Å²) in [5.74, 6) is 1.71. The molecule has 4 heteroatoms. The topological polar surface area (TPSA) is 56.5 Å². The molecule has 0 aliphatic heterocycles. The summed E-state index contributed by atoms with van der Waals surface area (Å²) in [5.41, 5.74) is 7.10. The van der Waals surface area contributed by atoms with Gasteiger partial charge in [0.25, 0.3) is 0 Å². The highest BCUT2D eigenvalue weighted by Gasteiger charge is 2.20. The van der Waals surface area contributed by atoms with Crippen LogP contribution in [0.2, 0.25) is 0 Å². The van der Waals surface area contributed by atoms with E-state index in [2.05, 4.69) is 5.32 Å². The first-order valence-electron chi connectivity index (χ1n) is 7.96. The minimum absolute atomic E-state index is 0.109. The van der Waals surface area contributed by atoms with Crippen molar-refractivity contribution in [1.29, 1.82) is 0 Å². The van der Waals surface area contributed by atoms with Gasteiger partial charge in [0.1, 0.15) is 11.5 Å². The van der Waals surface area contributed by atoms with Gasteiger partial charge in [0.2, 0.25) is 0 Å². The van der Waals surface area contributed by atoms with Crippen molar-refractivity contribution in [2.75, 3.05) is 20.8 Å². The second-order valence-electron chi connectivity index (χ2n) is 5.75. The van der Waals surface area contributed by atoms with E-state index in [0.717, 1.165) is 17.1 Å². The Balaban J connectivity index is 2.15. The van der Waals surface area contributed by atoms with E-state index in [4.69, 9.17) is 15.2 Å². The molecule has 0 radical (unpaired) electrons. The second-order valence-corrected chi connectivity index (χ2v) is 5.75. The van der Waals surface area contributed by atoms with Crippen LogP contribution < -0.4 is 20.5 Å². The number of nitrogens with two attached hydrogens (primary N) is 1. The zero-order valence-electron chi connectivity index (χ0n) is 13.2. The van der Waals surface area contributed by atoms with Gasteiger partial charge in [0.05, 0.1) is 14.2 Å². The molecule has 0 aromatic heterocycles. The fourth-order valence-corrected chi connectivity index (χ4v) is 3.13. The number of methoxy groups -OCH3 is 2. The van der Waals surface area contributed by atoms with Crippen molar-refractivity contribution in [3.8, 4) is 11.5 Å². The van der Waals surface area contributed by atoms with Crippen LogP contribution in [0, 0.1) is 0 Å². The average molecular weight is 292 g/mol. The smallest absolute Gasteiger partial charge is 0.123 e. The number of rotatable bonds is 6. The summed E-state index contributed by atoms with van der Waals surface area (Å²) in [4.78, 5) is 0.